The van der Waals surface area contributed by atoms with Gasteiger partial charge < -0.3 is 24.5 Å². The number of rotatable bonds is 7. The molecule has 0 aromatic heterocycles. The van der Waals surface area contributed by atoms with E-state index in [0.29, 0.717) is 0 Å². The molecule has 2 N–H and O–H groups in total. The van der Waals surface area contributed by atoms with Crippen LogP contribution in [-0.4, -0.2) is 41.5 Å². The highest BCUT2D eigenvalue weighted by Crippen LogP contribution is 2.36. The Labute approximate surface area is 182 Å². The number of amides is 1. The van der Waals surface area contributed by atoms with E-state index in [9.17, 15) is 14.7 Å². The molecule has 0 bridgehead atoms. The van der Waals surface area contributed by atoms with Gasteiger partial charge >= 0.3 is 19.2 Å². The third kappa shape index (κ3) is 5.65. The smallest absolute Gasteiger partial charge is 0.480 e. The van der Waals surface area contributed by atoms with Crippen LogP contribution >= 0.6 is 0 Å². The van der Waals surface area contributed by atoms with Crippen molar-refractivity contribution in [2.24, 2.45) is 0 Å². The zero-order chi connectivity index (χ0) is 22.6. The fourth-order valence-electron chi connectivity index (χ4n) is 3.13. The van der Waals surface area contributed by atoms with Crippen molar-refractivity contribution in [1.29, 1.82) is 0 Å². The summed E-state index contributed by atoms with van der Waals surface area (Å²) < 4.78 is 17.2. The minimum Gasteiger partial charge on any atom is -0.480 e. The molecule has 1 heterocycles. The summed E-state index contributed by atoms with van der Waals surface area (Å²) in [7, 11) is -0.486. The first-order valence-electron chi connectivity index (χ1n) is 10.2. The first kappa shape index (κ1) is 22.8. The third-order valence-electron chi connectivity index (χ3n) is 5.75. The summed E-state index contributed by atoms with van der Waals surface area (Å²) in [5.74, 6) is -1.13. The van der Waals surface area contributed by atoms with Gasteiger partial charge in [0.1, 0.15) is 12.6 Å². The van der Waals surface area contributed by atoms with Gasteiger partial charge in [0.15, 0.2) is 0 Å². The molecule has 164 valence electrons. The zero-order valence-corrected chi connectivity index (χ0v) is 18.3. The number of benzene rings is 2. The summed E-state index contributed by atoms with van der Waals surface area (Å²) in [6, 6.07) is 15.4. The van der Waals surface area contributed by atoms with Gasteiger partial charge in [-0.25, -0.2) is 9.59 Å². The van der Waals surface area contributed by atoms with E-state index in [-0.39, 0.29) is 13.0 Å². The second kappa shape index (κ2) is 9.12. The molecule has 1 fully saturated rings. The number of hydrogen-bond acceptors (Lipinski definition) is 5. The van der Waals surface area contributed by atoms with Crippen LogP contribution < -0.4 is 10.8 Å². The average Bonchev–Trinajstić information content (AvgIpc) is 2.94. The molecule has 1 aliphatic heterocycles. The van der Waals surface area contributed by atoms with Gasteiger partial charge in [-0.15, -0.1) is 0 Å². The fraction of sp³-hybridized carbons (Fsp3) is 0.391. The average molecular weight is 425 g/mol. The Kier molecular flexibility index (Phi) is 6.72. The maximum Gasteiger partial charge on any atom is 0.494 e. The lowest BCUT2D eigenvalue weighted by molar-refractivity contribution is -0.139. The molecule has 2 aromatic carbocycles. The number of ether oxygens (including phenoxy) is 1. The molecule has 0 aliphatic carbocycles. The first-order chi connectivity index (χ1) is 14.6. The number of carbonyl (C=O) groups is 2. The van der Waals surface area contributed by atoms with Crippen molar-refractivity contribution in [2.45, 2.75) is 58.0 Å². The second-order valence-electron chi connectivity index (χ2n) is 8.63. The molecule has 3 rings (SSSR count). The van der Waals surface area contributed by atoms with Crippen LogP contribution in [0.1, 0.15) is 38.8 Å². The van der Waals surface area contributed by atoms with Crippen molar-refractivity contribution in [1.82, 2.24) is 5.32 Å². The highest BCUT2D eigenvalue weighted by molar-refractivity contribution is 6.62. The Balaban J connectivity index is 1.58. The molecule has 1 atom stereocenters. The molecule has 1 amide bonds. The van der Waals surface area contributed by atoms with E-state index < -0.39 is 36.4 Å². The topological polar surface area (TPSA) is 94.1 Å². The maximum atomic E-state index is 12.0. The van der Waals surface area contributed by atoms with E-state index in [4.69, 9.17) is 14.0 Å². The number of aliphatic carboxylic acids is 1. The summed E-state index contributed by atoms with van der Waals surface area (Å²) in [6.07, 6.45) is -0.649. The zero-order valence-electron chi connectivity index (χ0n) is 18.3. The second-order valence-corrected chi connectivity index (χ2v) is 8.63. The SMILES string of the molecule is CC1(C)OB(c2ccc(C[C@H](NC(=O)OCc3ccccc3)C(=O)O)cc2)OC1(C)C. The highest BCUT2D eigenvalue weighted by atomic mass is 16.7. The van der Waals surface area contributed by atoms with E-state index >= 15 is 0 Å². The van der Waals surface area contributed by atoms with Gasteiger partial charge in [-0.2, -0.15) is 0 Å². The van der Waals surface area contributed by atoms with Crippen molar-refractivity contribution >= 4 is 24.6 Å². The molecule has 31 heavy (non-hydrogen) atoms. The number of nitrogens with one attached hydrogen (secondary N) is 1. The van der Waals surface area contributed by atoms with Crippen LogP contribution in [-0.2, 0) is 31.9 Å². The predicted octanol–water partition coefficient (Wildman–Crippen LogP) is 2.91. The Morgan fingerprint density at radius 3 is 2.10 bits per heavy atom. The van der Waals surface area contributed by atoms with Crippen molar-refractivity contribution in [3.05, 3.63) is 65.7 Å². The molecule has 1 aliphatic rings. The Morgan fingerprint density at radius 2 is 1.55 bits per heavy atom. The van der Waals surface area contributed by atoms with Crippen LogP contribution in [0.5, 0.6) is 0 Å². The van der Waals surface area contributed by atoms with Gasteiger partial charge in [0, 0.05) is 6.42 Å². The monoisotopic (exact) mass is 425 g/mol. The van der Waals surface area contributed by atoms with Crippen LogP contribution in [0.25, 0.3) is 0 Å². The quantitative estimate of drug-likeness (QED) is 0.663. The van der Waals surface area contributed by atoms with Crippen LogP contribution in [0.2, 0.25) is 0 Å². The number of alkyl carbamates (subject to hydrolysis) is 1. The molecule has 8 heteroatoms. The van der Waals surface area contributed by atoms with E-state index in [1.54, 1.807) is 0 Å². The lowest BCUT2D eigenvalue weighted by Crippen LogP contribution is -2.42. The van der Waals surface area contributed by atoms with E-state index in [2.05, 4.69) is 5.32 Å². The third-order valence-corrected chi connectivity index (χ3v) is 5.75. The van der Waals surface area contributed by atoms with Crippen molar-refractivity contribution in [3.8, 4) is 0 Å². The van der Waals surface area contributed by atoms with Crippen LogP contribution in [0.3, 0.4) is 0 Å². The molecule has 0 saturated carbocycles. The minimum absolute atomic E-state index is 0.0712. The number of carbonyl (C=O) groups excluding carboxylic acids is 1. The Bertz CT molecular complexity index is 897. The van der Waals surface area contributed by atoms with Crippen LogP contribution in [0.15, 0.2) is 54.6 Å². The van der Waals surface area contributed by atoms with E-state index in [1.165, 1.54) is 0 Å². The van der Waals surface area contributed by atoms with Gasteiger partial charge in [0.25, 0.3) is 0 Å². The molecule has 0 radical (unpaired) electrons. The lowest BCUT2D eigenvalue weighted by Gasteiger charge is -2.32. The molecule has 0 spiro atoms. The van der Waals surface area contributed by atoms with Crippen LogP contribution in [0, 0.1) is 0 Å². The molecular weight excluding hydrogens is 397 g/mol. The normalized spacial score (nSPS) is 17.7. The van der Waals surface area contributed by atoms with Crippen molar-refractivity contribution in [3.63, 3.8) is 0 Å². The Morgan fingerprint density at radius 1 is 0.968 bits per heavy atom. The van der Waals surface area contributed by atoms with Gasteiger partial charge in [0.2, 0.25) is 0 Å². The molecular formula is C23H28BNO6. The molecule has 2 aromatic rings. The summed E-state index contributed by atoms with van der Waals surface area (Å²) in [5, 5.41) is 11.9. The summed E-state index contributed by atoms with van der Waals surface area (Å²) in [6.45, 7) is 8.02. The minimum atomic E-state index is -1.13. The van der Waals surface area contributed by atoms with Gasteiger partial charge in [-0.1, -0.05) is 54.6 Å². The number of carboxylic acid groups (broad SMARTS) is 1. The van der Waals surface area contributed by atoms with E-state index in [1.807, 2.05) is 82.3 Å². The number of hydrogen-bond donors (Lipinski definition) is 2. The van der Waals surface area contributed by atoms with Gasteiger partial charge in [-0.3, -0.25) is 0 Å². The lowest BCUT2D eigenvalue weighted by atomic mass is 9.78. The van der Waals surface area contributed by atoms with E-state index in [0.717, 1.165) is 16.6 Å². The van der Waals surface area contributed by atoms with Crippen molar-refractivity contribution < 1.29 is 28.7 Å². The van der Waals surface area contributed by atoms with Crippen LogP contribution in [0.4, 0.5) is 4.79 Å². The summed E-state index contributed by atoms with van der Waals surface area (Å²) in [4.78, 5) is 23.7. The number of carboxylic acids is 1. The highest BCUT2D eigenvalue weighted by Gasteiger charge is 2.51. The predicted molar refractivity (Wildman–Crippen MR) is 117 cm³/mol. The van der Waals surface area contributed by atoms with Crippen molar-refractivity contribution in [2.75, 3.05) is 0 Å². The fourth-order valence-corrected chi connectivity index (χ4v) is 3.13. The summed E-state index contributed by atoms with van der Waals surface area (Å²) in [5.41, 5.74) is 1.56. The van der Waals surface area contributed by atoms with Gasteiger partial charge in [-0.05, 0) is 44.3 Å². The first-order valence-corrected chi connectivity index (χ1v) is 10.2. The summed E-state index contributed by atoms with van der Waals surface area (Å²) >= 11 is 0. The molecule has 0 unspecified atom stereocenters. The largest absolute Gasteiger partial charge is 0.494 e. The standard InChI is InChI=1S/C23H28BNO6/c1-22(2)23(3,4)31-24(30-22)18-12-10-16(11-13-18)14-19(20(26)27)25-21(28)29-15-17-8-6-5-7-9-17/h5-13,19H,14-15H2,1-4H3,(H,25,28)(H,26,27)/t19-/m0/s1. The molecule has 7 nitrogen and oxygen atoms in total. The van der Waals surface area contributed by atoms with Gasteiger partial charge in [0.05, 0.1) is 11.2 Å². The molecule has 1 saturated heterocycles. The Hall–Kier alpha value is -2.84. The maximum absolute atomic E-state index is 12.0.